The molecular formula is C10H15FN2O. The molecule has 0 aliphatic heterocycles. The van der Waals surface area contributed by atoms with Gasteiger partial charge in [-0.05, 0) is 31.7 Å². The monoisotopic (exact) mass is 198 g/mol. The van der Waals surface area contributed by atoms with Crippen LogP contribution in [0.3, 0.4) is 0 Å². The molecule has 1 rings (SSSR count). The van der Waals surface area contributed by atoms with Crippen LogP contribution in [0.2, 0.25) is 0 Å². The van der Waals surface area contributed by atoms with Crippen molar-refractivity contribution in [1.29, 1.82) is 0 Å². The number of nitrogens with two attached hydrogens (primary N) is 1. The fourth-order valence-corrected chi connectivity index (χ4v) is 1.15. The highest BCUT2D eigenvalue weighted by molar-refractivity contribution is 5.30. The van der Waals surface area contributed by atoms with E-state index in [0.717, 1.165) is 0 Å². The number of hydrogen-bond acceptors (Lipinski definition) is 3. The lowest BCUT2D eigenvalue weighted by Gasteiger charge is -2.12. The Labute approximate surface area is 83.1 Å². The second kappa shape index (κ2) is 4.93. The van der Waals surface area contributed by atoms with Crippen molar-refractivity contribution in [1.82, 2.24) is 5.32 Å². The normalized spacial score (nSPS) is 12.6. The summed E-state index contributed by atoms with van der Waals surface area (Å²) in [4.78, 5) is 0. The molecule has 0 heterocycles. The van der Waals surface area contributed by atoms with Crippen LogP contribution in [0.1, 0.15) is 18.7 Å². The minimum atomic E-state index is -0.380. The third kappa shape index (κ3) is 2.43. The van der Waals surface area contributed by atoms with Crippen molar-refractivity contribution >= 4 is 0 Å². The summed E-state index contributed by atoms with van der Waals surface area (Å²) >= 11 is 0. The van der Waals surface area contributed by atoms with Crippen molar-refractivity contribution in [3.8, 4) is 5.75 Å². The summed E-state index contributed by atoms with van der Waals surface area (Å²) in [6, 6.07) is 4.72. The van der Waals surface area contributed by atoms with Gasteiger partial charge in [-0.25, -0.2) is 4.39 Å². The highest BCUT2D eigenvalue weighted by Gasteiger charge is 2.07. The molecule has 0 radical (unpaired) electrons. The van der Waals surface area contributed by atoms with Gasteiger partial charge in [-0.15, -0.1) is 0 Å². The van der Waals surface area contributed by atoms with Crippen LogP contribution in [-0.2, 0) is 0 Å². The molecule has 3 N–H and O–H groups in total. The van der Waals surface area contributed by atoms with Gasteiger partial charge in [0.2, 0.25) is 0 Å². The molecule has 0 fully saturated rings. The van der Waals surface area contributed by atoms with E-state index in [0.29, 0.717) is 12.2 Å². The van der Waals surface area contributed by atoms with Crippen LogP contribution >= 0.6 is 0 Å². The van der Waals surface area contributed by atoms with E-state index in [4.69, 9.17) is 10.5 Å². The Morgan fingerprint density at radius 2 is 2.29 bits per heavy atom. The first-order valence-electron chi connectivity index (χ1n) is 4.54. The molecule has 0 bridgehead atoms. The average Bonchev–Trinajstić information content (AvgIpc) is 2.20. The van der Waals surface area contributed by atoms with Crippen molar-refractivity contribution in [3.05, 3.63) is 29.6 Å². The molecule has 0 aromatic heterocycles. The van der Waals surface area contributed by atoms with Crippen LogP contribution in [-0.4, -0.2) is 13.7 Å². The van der Waals surface area contributed by atoms with E-state index in [1.165, 1.54) is 6.07 Å². The standard InChI is InChI=1S/C10H15FN2O/c1-3-14-9-5-4-7(6-8(9)11)10(12)13-2/h4-6,10,13H,3,12H2,1-2H3. The van der Waals surface area contributed by atoms with Crippen molar-refractivity contribution in [3.63, 3.8) is 0 Å². The number of nitrogens with one attached hydrogen (secondary N) is 1. The van der Waals surface area contributed by atoms with Gasteiger partial charge in [0.05, 0.1) is 12.8 Å². The summed E-state index contributed by atoms with van der Waals surface area (Å²) in [7, 11) is 1.72. The number of ether oxygens (including phenoxy) is 1. The lowest BCUT2D eigenvalue weighted by atomic mass is 10.1. The van der Waals surface area contributed by atoms with Crippen LogP contribution in [0.5, 0.6) is 5.75 Å². The maximum atomic E-state index is 13.3. The number of benzene rings is 1. The van der Waals surface area contributed by atoms with Crippen LogP contribution in [0.15, 0.2) is 18.2 Å². The molecule has 0 saturated heterocycles. The quantitative estimate of drug-likeness (QED) is 0.719. The molecule has 1 unspecified atom stereocenters. The minimum absolute atomic E-state index is 0.263. The summed E-state index contributed by atoms with van der Waals surface area (Å²) in [5.41, 5.74) is 6.37. The fourth-order valence-electron chi connectivity index (χ4n) is 1.15. The van der Waals surface area contributed by atoms with Gasteiger partial charge in [0, 0.05) is 0 Å². The first kappa shape index (κ1) is 10.9. The molecule has 1 aromatic carbocycles. The minimum Gasteiger partial charge on any atom is -0.491 e. The zero-order chi connectivity index (χ0) is 10.6. The van der Waals surface area contributed by atoms with E-state index < -0.39 is 0 Å². The van der Waals surface area contributed by atoms with Gasteiger partial charge < -0.3 is 15.8 Å². The summed E-state index contributed by atoms with van der Waals surface area (Å²) in [5.74, 6) is -0.116. The fraction of sp³-hybridized carbons (Fsp3) is 0.400. The molecule has 1 atom stereocenters. The van der Waals surface area contributed by atoms with E-state index in [2.05, 4.69) is 5.32 Å². The Morgan fingerprint density at radius 1 is 1.57 bits per heavy atom. The lowest BCUT2D eigenvalue weighted by Crippen LogP contribution is -2.24. The molecule has 4 heteroatoms. The van der Waals surface area contributed by atoms with Gasteiger partial charge >= 0.3 is 0 Å². The third-order valence-corrected chi connectivity index (χ3v) is 1.93. The molecule has 0 spiro atoms. The van der Waals surface area contributed by atoms with E-state index in [9.17, 15) is 4.39 Å². The van der Waals surface area contributed by atoms with E-state index >= 15 is 0 Å². The second-order valence-corrected chi connectivity index (χ2v) is 2.89. The van der Waals surface area contributed by atoms with Crippen molar-refractivity contribution in [2.24, 2.45) is 5.73 Å². The Balaban J connectivity index is 2.88. The summed E-state index contributed by atoms with van der Waals surface area (Å²) in [6.45, 7) is 2.26. The number of rotatable bonds is 4. The van der Waals surface area contributed by atoms with Gasteiger partial charge in [-0.3, -0.25) is 0 Å². The summed E-state index contributed by atoms with van der Waals surface area (Å²) in [5, 5.41) is 2.83. The highest BCUT2D eigenvalue weighted by Crippen LogP contribution is 2.20. The average molecular weight is 198 g/mol. The van der Waals surface area contributed by atoms with Crippen LogP contribution in [0.25, 0.3) is 0 Å². The third-order valence-electron chi connectivity index (χ3n) is 1.93. The van der Waals surface area contributed by atoms with Crippen molar-refractivity contribution in [2.45, 2.75) is 13.1 Å². The Bertz CT molecular complexity index is 304. The largest absolute Gasteiger partial charge is 0.491 e. The van der Waals surface area contributed by atoms with Gasteiger partial charge in [0.1, 0.15) is 0 Å². The second-order valence-electron chi connectivity index (χ2n) is 2.89. The number of hydrogen-bond donors (Lipinski definition) is 2. The molecule has 0 saturated carbocycles. The molecule has 78 valence electrons. The Morgan fingerprint density at radius 3 is 2.79 bits per heavy atom. The van der Waals surface area contributed by atoms with Crippen LogP contribution in [0.4, 0.5) is 4.39 Å². The molecule has 14 heavy (non-hydrogen) atoms. The Hall–Kier alpha value is -1.13. The van der Waals surface area contributed by atoms with Crippen LogP contribution < -0.4 is 15.8 Å². The van der Waals surface area contributed by atoms with E-state index in [1.54, 1.807) is 19.2 Å². The van der Waals surface area contributed by atoms with Crippen molar-refractivity contribution < 1.29 is 9.13 Å². The number of halogens is 1. The zero-order valence-corrected chi connectivity index (χ0v) is 8.38. The van der Waals surface area contributed by atoms with Gasteiger partial charge in [0.15, 0.2) is 11.6 Å². The maximum Gasteiger partial charge on any atom is 0.165 e. The van der Waals surface area contributed by atoms with Gasteiger partial charge in [-0.2, -0.15) is 0 Å². The molecular weight excluding hydrogens is 183 g/mol. The molecule has 1 aromatic rings. The first-order chi connectivity index (χ1) is 6.69. The first-order valence-corrected chi connectivity index (χ1v) is 4.54. The maximum absolute atomic E-state index is 13.3. The van der Waals surface area contributed by atoms with Crippen molar-refractivity contribution in [2.75, 3.05) is 13.7 Å². The SMILES string of the molecule is CCOc1ccc(C(N)NC)cc1F. The zero-order valence-electron chi connectivity index (χ0n) is 8.38. The van der Waals surface area contributed by atoms with E-state index in [-0.39, 0.29) is 17.7 Å². The predicted octanol–water partition coefficient (Wildman–Crippen LogP) is 1.40. The van der Waals surface area contributed by atoms with Crippen LogP contribution in [0, 0.1) is 5.82 Å². The molecule has 0 amide bonds. The van der Waals surface area contributed by atoms with Gasteiger partial charge in [-0.1, -0.05) is 6.07 Å². The topological polar surface area (TPSA) is 47.3 Å². The lowest BCUT2D eigenvalue weighted by molar-refractivity contribution is 0.321. The van der Waals surface area contributed by atoms with Gasteiger partial charge in [0.25, 0.3) is 0 Å². The smallest absolute Gasteiger partial charge is 0.165 e. The molecule has 0 aliphatic carbocycles. The van der Waals surface area contributed by atoms with E-state index in [1.807, 2.05) is 6.92 Å². The predicted molar refractivity (Wildman–Crippen MR) is 53.6 cm³/mol. The molecule has 3 nitrogen and oxygen atoms in total. The molecule has 0 aliphatic rings. The Kier molecular flexibility index (Phi) is 3.85. The summed E-state index contributed by atoms with van der Waals surface area (Å²) in [6.07, 6.45) is -0.347. The highest BCUT2D eigenvalue weighted by atomic mass is 19.1. The summed E-state index contributed by atoms with van der Waals surface area (Å²) < 4.78 is 18.4.